The Hall–Kier alpha value is -2.97. The maximum absolute atomic E-state index is 9.72. The summed E-state index contributed by atoms with van der Waals surface area (Å²) in [6.07, 6.45) is 3.33. The molecule has 136 valence electrons. The van der Waals surface area contributed by atoms with Crippen molar-refractivity contribution in [3.63, 3.8) is 0 Å². The minimum atomic E-state index is 0. The molecule has 0 aliphatic rings. The van der Waals surface area contributed by atoms with E-state index in [1.165, 1.54) is 11.8 Å². The largest absolute Gasteiger partial charge is 0.399 e. The lowest BCUT2D eigenvalue weighted by molar-refractivity contribution is 1.11. The zero-order valence-electron chi connectivity index (χ0n) is 13.8. The van der Waals surface area contributed by atoms with E-state index in [0.29, 0.717) is 21.8 Å². The quantitative estimate of drug-likeness (QED) is 0.616. The van der Waals surface area contributed by atoms with Crippen molar-refractivity contribution < 1.29 is 0 Å². The zero-order valence-corrected chi connectivity index (χ0v) is 16.2. The van der Waals surface area contributed by atoms with Crippen LogP contribution in [-0.4, -0.2) is 9.97 Å². The molecule has 0 aliphatic carbocycles. The van der Waals surface area contributed by atoms with Crippen molar-refractivity contribution in [2.45, 2.75) is 9.92 Å². The second-order valence-electron chi connectivity index (χ2n) is 5.07. The first-order chi connectivity index (χ1) is 12.1. The molecule has 0 saturated carbocycles. The van der Waals surface area contributed by atoms with E-state index in [2.05, 4.69) is 16.0 Å². The van der Waals surface area contributed by atoms with E-state index in [4.69, 9.17) is 11.5 Å². The first-order valence-electron chi connectivity index (χ1n) is 7.21. The Balaban J connectivity index is 0.00000182. The molecule has 9 heteroatoms. The van der Waals surface area contributed by atoms with Crippen LogP contribution in [-0.2, 0) is 0 Å². The number of benzene rings is 1. The monoisotopic (exact) mass is 416 g/mol. The minimum Gasteiger partial charge on any atom is -0.399 e. The van der Waals surface area contributed by atoms with Crippen molar-refractivity contribution >= 4 is 48.1 Å². The number of nitrogens with zero attached hydrogens (tertiary/aromatic N) is 4. The number of halogens is 2. The third kappa shape index (κ3) is 4.60. The molecule has 6 nitrogen and oxygen atoms in total. The topological polar surface area (TPSA) is 125 Å². The van der Waals surface area contributed by atoms with Crippen molar-refractivity contribution in [3.8, 4) is 23.3 Å². The van der Waals surface area contributed by atoms with E-state index >= 15 is 0 Å². The fourth-order valence-electron chi connectivity index (χ4n) is 2.37. The molecular weight excluding hydrogens is 403 g/mol. The van der Waals surface area contributed by atoms with Gasteiger partial charge in [0.25, 0.3) is 0 Å². The van der Waals surface area contributed by atoms with Gasteiger partial charge in [0, 0.05) is 28.5 Å². The van der Waals surface area contributed by atoms with Gasteiger partial charge in [0.15, 0.2) is 0 Å². The molecule has 0 saturated heterocycles. The van der Waals surface area contributed by atoms with Crippen molar-refractivity contribution in [1.29, 1.82) is 10.5 Å². The molecular formula is C18H14Cl2N6S. The Bertz CT molecular complexity index is 1030. The molecule has 0 atom stereocenters. The number of nitrogen functional groups attached to an aromatic ring is 2. The Labute approximate surface area is 173 Å². The number of anilines is 2. The highest BCUT2D eigenvalue weighted by Crippen LogP contribution is 2.38. The number of aromatic nitrogens is 2. The first-order valence-corrected chi connectivity index (χ1v) is 8.03. The zero-order chi connectivity index (χ0) is 17.8. The van der Waals surface area contributed by atoms with Crippen LogP contribution in [0.25, 0.3) is 11.1 Å². The molecule has 2 heterocycles. The third-order valence-corrected chi connectivity index (χ3v) is 4.41. The summed E-state index contributed by atoms with van der Waals surface area (Å²) in [6.45, 7) is 0. The number of pyridine rings is 2. The summed E-state index contributed by atoms with van der Waals surface area (Å²) in [4.78, 5) is 9.12. The lowest BCUT2D eigenvalue weighted by Gasteiger charge is -2.13. The maximum atomic E-state index is 9.72. The first kappa shape index (κ1) is 22.1. The second-order valence-corrected chi connectivity index (χ2v) is 6.13. The summed E-state index contributed by atoms with van der Waals surface area (Å²) in [7, 11) is 0. The molecule has 0 spiro atoms. The number of nitriles is 2. The van der Waals surface area contributed by atoms with E-state index < -0.39 is 0 Å². The predicted octanol–water partition coefficient (Wildman–Crippen LogP) is 4.05. The summed E-state index contributed by atoms with van der Waals surface area (Å²) in [5.74, 6) is 0.0744. The molecule has 1 aromatic carbocycles. The van der Waals surface area contributed by atoms with Gasteiger partial charge in [0.05, 0.1) is 5.56 Å². The fraction of sp³-hybridized carbons (Fsp3) is 0. The predicted molar refractivity (Wildman–Crippen MR) is 111 cm³/mol. The number of hydrogen-bond acceptors (Lipinski definition) is 7. The normalized spacial score (nSPS) is 9.26. The lowest BCUT2D eigenvalue weighted by atomic mass is 9.96. The average molecular weight is 417 g/mol. The molecule has 0 fully saturated rings. The summed E-state index contributed by atoms with van der Waals surface area (Å²) in [5.41, 5.74) is 13.9. The van der Waals surface area contributed by atoms with Crippen molar-refractivity contribution in [1.82, 2.24) is 9.97 Å². The molecule has 0 aliphatic heterocycles. The molecule has 0 unspecified atom stereocenters. The molecule has 0 radical (unpaired) electrons. The van der Waals surface area contributed by atoms with Gasteiger partial charge in [-0.2, -0.15) is 10.5 Å². The molecule has 4 N–H and O–H groups in total. The van der Waals surface area contributed by atoms with E-state index in [9.17, 15) is 10.5 Å². The van der Waals surface area contributed by atoms with E-state index in [1.54, 1.807) is 42.7 Å². The van der Waals surface area contributed by atoms with Gasteiger partial charge in [-0.1, -0.05) is 23.9 Å². The van der Waals surface area contributed by atoms with Crippen molar-refractivity contribution in [2.24, 2.45) is 0 Å². The second kappa shape index (κ2) is 9.65. The van der Waals surface area contributed by atoms with Gasteiger partial charge < -0.3 is 11.5 Å². The molecule has 2 aromatic heterocycles. The Kier molecular flexibility index (Phi) is 7.89. The Morgan fingerprint density at radius 2 is 1.70 bits per heavy atom. The van der Waals surface area contributed by atoms with Crippen LogP contribution in [0.3, 0.4) is 0 Å². The van der Waals surface area contributed by atoms with Gasteiger partial charge in [-0.25, -0.2) is 4.98 Å². The van der Waals surface area contributed by atoms with Gasteiger partial charge >= 0.3 is 0 Å². The summed E-state index contributed by atoms with van der Waals surface area (Å²) in [5, 5.41) is 19.6. The van der Waals surface area contributed by atoms with Crippen LogP contribution in [0.1, 0.15) is 11.1 Å². The summed E-state index contributed by atoms with van der Waals surface area (Å²) >= 11 is 1.27. The highest BCUT2D eigenvalue weighted by molar-refractivity contribution is 7.99. The van der Waals surface area contributed by atoms with E-state index in [-0.39, 0.29) is 41.8 Å². The van der Waals surface area contributed by atoms with Crippen molar-refractivity contribution in [3.05, 3.63) is 59.9 Å². The SMILES string of the molecule is Cl.Cl.N#Cc1c(N)nc(Sc2cccnc2)c(C#N)c1-c1cccc(N)c1. The highest BCUT2D eigenvalue weighted by Gasteiger charge is 2.21. The van der Waals surface area contributed by atoms with Gasteiger partial charge in [-0.3, -0.25) is 4.98 Å². The average Bonchev–Trinajstić information content (AvgIpc) is 2.62. The number of nitrogens with two attached hydrogens (primary N) is 2. The number of rotatable bonds is 3. The van der Waals surface area contributed by atoms with Crippen LogP contribution >= 0.6 is 36.6 Å². The Morgan fingerprint density at radius 3 is 2.30 bits per heavy atom. The van der Waals surface area contributed by atoms with Crippen molar-refractivity contribution in [2.75, 3.05) is 11.5 Å². The third-order valence-electron chi connectivity index (χ3n) is 3.44. The maximum Gasteiger partial charge on any atom is 0.143 e. The highest BCUT2D eigenvalue weighted by atomic mass is 35.5. The van der Waals surface area contributed by atoms with Crippen LogP contribution in [0.4, 0.5) is 11.5 Å². The van der Waals surface area contributed by atoms with Crippen LogP contribution < -0.4 is 11.5 Å². The summed E-state index contributed by atoms with van der Waals surface area (Å²) in [6, 6.07) is 14.8. The molecule has 3 aromatic rings. The van der Waals surface area contributed by atoms with Gasteiger partial charge in [-0.15, -0.1) is 24.8 Å². The fourth-order valence-corrected chi connectivity index (χ4v) is 3.25. The van der Waals surface area contributed by atoms with Gasteiger partial charge in [0.2, 0.25) is 0 Å². The molecule has 27 heavy (non-hydrogen) atoms. The minimum absolute atomic E-state index is 0. The van der Waals surface area contributed by atoms with Crippen LogP contribution in [0.15, 0.2) is 58.7 Å². The standard InChI is InChI=1S/C18H12N6S.2ClH/c19-8-14-16(11-3-1-4-12(21)7-11)15(9-20)18(24-17(14)22)25-13-5-2-6-23-10-13;;/h1-7,10H,21H2,(H2,22,24);2*1H. The smallest absolute Gasteiger partial charge is 0.143 e. The Morgan fingerprint density at radius 1 is 0.963 bits per heavy atom. The van der Waals surface area contributed by atoms with E-state index in [0.717, 1.165) is 4.90 Å². The van der Waals surface area contributed by atoms with Gasteiger partial charge in [-0.05, 0) is 29.8 Å². The lowest BCUT2D eigenvalue weighted by Crippen LogP contribution is -2.03. The summed E-state index contributed by atoms with van der Waals surface area (Å²) < 4.78 is 0. The number of hydrogen-bond donors (Lipinski definition) is 2. The van der Waals surface area contributed by atoms with Crippen LogP contribution in [0.5, 0.6) is 0 Å². The van der Waals surface area contributed by atoms with Crippen LogP contribution in [0.2, 0.25) is 0 Å². The van der Waals surface area contributed by atoms with Gasteiger partial charge in [0.1, 0.15) is 28.5 Å². The molecule has 0 amide bonds. The molecule has 3 rings (SSSR count). The van der Waals surface area contributed by atoms with E-state index in [1.807, 2.05) is 12.1 Å². The van der Waals surface area contributed by atoms with Crippen LogP contribution in [0, 0.1) is 22.7 Å². The molecule has 0 bridgehead atoms.